The van der Waals surface area contributed by atoms with E-state index in [9.17, 15) is 0 Å². The lowest BCUT2D eigenvalue weighted by Crippen LogP contribution is -2.29. The maximum absolute atomic E-state index is 3.36. The van der Waals surface area contributed by atoms with Gasteiger partial charge in [0.2, 0.25) is 0 Å². The largest absolute Gasteiger partial charge is 0.317 e. The van der Waals surface area contributed by atoms with Gasteiger partial charge in [-0.25, -0.2) is 0 Å². The van der Waals surface area contributed by atoms with Crippen molar-refractivity contribution in [3.05, 3.63) is 0 Å². The predicted octanol–water partition coefficient (Wildman–Crippen LogP) is 2.96. The molecular weight excluding hydrogens is 170 g/mol. The molecule has 1 aliphatic rings. The van der Waals surface area contributed by atoms with Crippen LogP contribution in [0.1, 0.15) is 51.9 Å². The van der Waals surface area contributed by atoms with Crippen LogP contribution < -0.4 is 5.32 Å². The standard InChI is InChI=1S/C13H23N/c1-3-4-5-6-7-12-8-10-13(14-2)11-9-12/h12-14H,3-4,7-11H2,1-2H3. The maximum Gasteiger partial charge on any atom is 0.0117 e. The average molecular weight is 193 g/mol. The molecule has 1 saturated carbocycles. The van der Waals surface area contributed by atoms with E-state index >= 15 is 0 Å². The van der Waals surface area contributed by atoms with Gasteiger partial charge in [0.05, 0.1) is 0 Å². The van der Waals surface area contributed by atoms with E-state index in [1.807, 2.05) is 0 Å². The molecule has 1 aliphatic carbocycles. The summed E-state index contributed by atoms with van der Waals surface area (Å²) < 4.78 is 0. The van der Waals surface area contributed by atoms with Crippen molar-refractivity contribution in [3.8, 4) is 11.8 Å². The van der Waals surface area contributed by atoms with Gasteiger partial charge in [-0.15, -0.1) is 11.8 Å². The highest BCUT2D eigenvalue weighted by molar-refractivity contribution is 5.00. The molecule has 0 radical (unpaired) electrons. The molecule has 1 fully saturated rings. The lowest BCUT2D eigenvalue weighted by molar-refractivity contribution is 0.306. The topological polar surface area (TPSA) is 12.0 Å². The maximum atomic E-state index is 3.36. The molecule has 80 valence electrons. The van der Waals surface area contributed by atoms with Gasteiger partial charge >= 0.3 is 0 Å². The Balaban J connectivity index is 2.13. The molecule has 0 aliphatic heterocycles. The zero-order chi connectivity index (χ0) is 10.2. The molecule has 0 amide bonds. The third kappa shape index (κ3) is 4.15. The van der Waals surface area contributed by atoms with Crippen LogP contribution in [-0.2, 0) is 0 Å². The molecule has 0 aromatic carbocycles. The molecular formula is C13H23N. The fraction of sp³-hybridized carbons (Fsp3) is 0.846. The van der Waals surface area contributed by atoms with Crippen molar-refractivity contribution in [2.75, 3.05) is 7.05 Å². The Morgan fingerprint density at radius 2 is 1.86 bits per heavy atom. The van der Waals surface area contributed by atoms with Gasteiger partial charge in [0.15, 0.2) is 0 Å². The van der Waals surface area contributed by atoms with Gasteiger partial charge in [-0.2, -0.15) is 0 Å². The number of hydrogen-bond donors (Lipinski definition) is 1. The second-order valence-electron chi connectivity index (χ2n) is 4.31. The minimum atomic E-state index is 0.773. The monoisotopic (exact) mass is 193 g/mol. The number of nitrogens with one attached hydrogen (secondary N) is 1. The van der Waals surface area contributed by atoms with Crippen LogP contribution in [0.15, 0.2) is 0 Å². The highest BCUT2D eigenvalue weighted by Crippen LogP contribution is 2.26. The molecule has 0 aromatic heterocycles. The number of unbranched alkanes of at least 4 members (excludes halogenated alkanes) is 1. The fourth-order valence-corrected chi connectivity index (χ4v) is 2.09. The Morgan fingerprint density at radius 3 is 2.43 bits per heavy atom. The Morgan fingerprint density at radius 1 is 1.14 bits per heavy atom. The van der Waals surface area contributed by atoms with E-state index in [1.54, 1.807) is 0 Å². The molecule has 0 spiro atoms. The van der Waals surface area contributed by atoms with E-state index in [2.05, 4.69) is 31.1 Å². The lowest BCUT2D eigenvalue weighted by atomic mass is 9.84. The lowest BCUT2D eigenvalue weighted by Gasteiger charge is -2.26. The first-order valence-electron chi connectivity index (χ1n) is 5.99. The molecule has 1 rings (SSSR count). The van der Waals surface area contributed by atoms with Gasteiger partial charge < -0.3 is 5.32 Å². The predicted molar refractivity (Wildman–Crippen MR) is 62.1 cm³/mol. The number of hydrogen-bond acceptors (Lipinski definition) is 1. The molecule has 0 unspecified atom stereocenters. The van der Waals surface area contributed by atoms with Gasteiger partial charge in [0.25, 0.3) is 0 Å². The van der Waals surface area contributed by atoms with Crippen molar-refractivity contribution < 1.29 is 0 Å². The molecule has 14 heavy (non-hydrogen) atoms. The summed E-state index contributed by atoms with van der Waals surface area (Å²) in [6, 6.07) is 0.773. The van der Waals surface area contributed by atoms with Crippen LogP contribution in [0.5, 0.6) is 0 Å². The summed E-state index contributed by atoms with van der Waals surface area (Å²) in [6.45, 7) is 2.19. The molecule has 0 bridgehead atoms. The van der Waals surface area contributed by atoms with Crippen molar-refractivity contribution in [2.45, 2.75) is 57.9 Å². The van der Waals surface area contributed by atoms with Crippen LogP contribution in [0.25, 0.3) is 0 Å². The molecule has 0 atom stereocenters. The van der Waals surface area contributed by atoms with Gasteiger partial charge in [0, 0.05) is 18.9 Å². The molecule has 0 heterocycles. The van der Waals surface area contributed by atoms with Crippen molar-refractivity contribution >= 4 is 0 Å². The molecule has 0 aromatic rings. The first kappa shape index (κ1) is 11.6. The van der Waals surface area contributed by atoms with Crippen LogP contribution in [-0.4, -0.2) is 13.1 Å². The van der Waals surface area contributed by atoms with Gasteiger partial charge in [-0.05, 0) is 45.1 Å². The Labute approximate surface area is 88.7 Å². The van der Waals surface area contributed by atoms with Crippen molar-refractivity contribution in [1.82, 2.24) is 5.32 Å². The fourth-order valence-electron chi connectivity index (χ4n) is 2.09. The van der Waals surface area contributed by atoms with Crippen LogP contribution in [0.2, 0.25) is 0 Å². The third-order valence-corrected chi connectivity index (χ3v) is 3.15. The second-order valence-corrected chi connectivity index (χ2v) is 4.31. The van der Waals surface area contributed by atoms with Gasteiger partial charge in [-0.1, -0.05) is 6.92 Å². The van der Waals surface area contributed by atoms with E-state index in [0.29, 0.717) is 0 Å². The van der Waals surface area contributed by atoms with E-state index in [1.165, 1.54) is 32.1 Å². The number of rotatable bonds is 3. The zero-order valence-corrected chi connectivity index (χ0v) is 9.60. The summed E-state index contributed by atoms with van der Waals surface area (Å²) in [5.41, 5.74) is 0. The Kier molecular flexibility index (Phi) is 5.71. The summed E-state index contributed by atoms with van der Waals surface area (Å²) in [6.07, 6.45) is 8.83. The summed E-state index contributed by atoms with van der Waals surface area (Å²) in [5.74, 6) is 7.44. The summed E-state index contributed by atoms with van der Waals surface area (Å²) >= 11 is 0. The van der Waals surface area contributed by atoms with Crippen LogP contribution >= 0.6 is 0 Å². The third-order valence-electron chi connectivity index (χ3n) is 3.15. The van der Waals surface area contributed by atoms with Crippen LogP contribution in [0, 0.1) is 17.8 Å². The minimum Gasteiger partial charge on any atom is -0.317 e. The first-order chi connectivity index (χ1) is 6.86. The van der Waals surface area contributed by atoms with Gasteiger partial charge in [0.1, 0.15) is 0 Å². The van der Waals surface area contributed by atoms with Crippen LogP contribution in [0.3, 0.4) is 0 Å². The van der Waals surface area contributed by atoms with Gasteiger partial charge in [-0.3, -0.25) is 0 Å². The first-order valence-corrected chi connectivity index (χ1v) is 5.99. The summed E-state index contributed by atoms with van der Waals surface area (Å²) in [7, 11) is 2.08. The Bertz CT molecular complexity index is 191. The van der Waals surface area contributed by atoms with E-state index in [-0.39, 0.29) is 0 Å². The van der Waals surface area contributed by atoms with E-state index in [4.69, 9.17) is 0 Å². The second kappa shape index (κ2) is 6.90. The average Bonchev–Trinajstić information content (AvgIpc) is 2.25. The highest BCUT2D eigenvalue weighted by Gasteiger charge is 2.18. The molecule has 1 N–H and O–H groups in total. The zero-order valence-electron chi connectivity index (χ0n) is 9.60. The van der Waals surface area contributed by atoms with Crippen molar-refractivity contribution in [3.63, 3.8) is 0 Å². The molecule has 0 saturated heterocycles. The van der Waals surface area contributed by atoms with Crippen molar-refractivity contribution in [1.29, 1.82) is 0 Å². The van der Waals surface area contributed by atoms with E-state index in [0.717, 1.165) is 24.8 Å². The summed E-state index contributed by atoms with van der Waals surface area (Å²) in [4.78, 5) is 0. The van der Waals surface area contributed by atoms with E-state index < -0.39 is 0 Å². The SMILES string of the molecule is CCCC#CCC1CCC(NC)CC1. The normalized spacial score (nSPS) is 26.7. The summed E-state index contributed by atoms with van der Waals surface area (Å²) in [5, 5.41) is 3.36. The van der Waals surface area contributed by atoms with Crippen LogP contribution in [0.4, 0.5) is 0 Å². The quantitative estimate of drug-likeness (QED) is 0.679. The Hall–Kier alpha value is -0.480. The van der Waals surface area contributed by atoms with Crippen molar-refractivity contribution in [2.24, 2.45) is 5.92 Å². The molecule has 1 heteroatoms. The highest BCUT2D eigenvalue weighted by atomic mass is 14.9. The minimum absolute atomic E-state index is 0.773. The smallest absolute Gasteiger partial charge is 0.0117 e. The molecule has 1 nitrogen and oxygen atoms in total.